The number of esters is 1. The van der Waals surface area contributed by atoms with E-state index >= 15 is 0 Å². The van der Waals surface area contributed by atoms with Crippen molar-refractivity contribution in [2.45, 2.75) is 13.0 Å². The van der Waals surface area contributed by atoms with Crippen molar-refractivity contribution in [2.24, 2.45) is 0 Å². The number of methoxy groups -OCH3 is 1. The molecule has 6 heteroatoms. The molecule has 138 valence electrons. The smallest absolute Gasteiger partial charge is 0.306 e. The van der Waals surface area contributed by atoms with Gasteiger partial charge in [0.05, 0.1) is 13.5 Å². The Morgan fingerprint density at radius 3 is 2.42 bits per heavy atom. The third-order valence-electron chi connectivity index (χ3n) is 4.76. The van der Waals surface area contributed by atoms with Gasteiger partial charge >= 0.3 is 5.97 Å². The average molecular weight is 355 g/mol. The molecule has 1 amide bonds. The zero-order valence-corrected chi connectivity index (χ0v) is 15.1. The summed E-state index contributed by atoms with van der Waals surface area (Å²) in [6.45, 7) is 4.28. The van der Waals surface area contributed by atoms with Gasteiger partial charge in [-0.3, -0.25) is 14.5 Å². The maximum absolute atomic E-state index is 12.9. The Morgan fingerprint density at radius 1 is 1.00 bits per heavy atom. The lowest BCUT2D eigenvalue weighted by atomic mass is 10.2. The minimum Gasteiger partial charge on any atom is -0.469 e. The second-order valence-corrected chi connectivity index (χ2v) is 6.47. The molecule has 0 saturated carbocycles. The number of amides is 1. The highest BCUT2D eigenvalue weighted by atomic mass is 16.5. The van der Waals surface area contributed by atoms with Crippen LogP contribution >= 0.6 is 0 Å². The topological polar surface area (TPSA) is 54.8 Å². The van der Waals surface area contributed by atoms with E-state index in [0.29, 0.717) is 32.6 Å². The number of carbonyl (C=O) groups excluding carboxylic acids is 2. The van der Waals surface area contributed by atoms with Crippen molar-refractivity contribution in [1.29, 1.82) is 0 Å². The fourth-order valence-corrected chi connectivity index (χ4v) is 3.21. The molecule has 0 spiro atoms. The number of nitrogens with zero attached hydrogens (tertiary/aromatic N) is 3. The molecule has 0 radical (unpaired) electrons. The van der Waals surface area contributed by atoms with Crippen LogP contribution in [-0.2, 0) is 16.1 Å². The fraction of sp³-hybridized carbons (Fsp3) is 0.400. The summed E-state index contributed by atoms with van der Waals surface area (Å²) in [5.41, 5.74) is 1.89. The van der Waals surface area contributed by atoms with E-state index in [2.05, 4.69) is 21.8 Å². The molecule has 1 aliphatic rings. The Kier molecular flexibility index (Phi) is 6.07. The zero-order chi connectivity index (χ0) is 18.4. The molecule has 0 unspecified atom stereocenters. The Hall–Kier alpha value is -2.60. The molecule has 0 bridgehead atoms. The standard InChI is InChI=1S/C20H25N3O3/c1-26-19(24)9-11-21-12-14-22(15-13-21)20(25)18-8-5-10-23(18)16-17-6-3-2-4-7-17/h2-8,10H,9,11-16H2,1H3. The highest BCUT2D eigenvalue weighted by Crippen LogP contribution is 2.13. The molecule has 6 nitrogen and oxygen atoms in total. The van der Waals surface area contributed by atoms with E-state index in [0.717, 1.165) is 18.8 Å². The van der Waals surface area contributed by atoms with E-state index in [4.69, 9.17) is 0 Å². The van der Waals surface area contributed by atoms with Gasteiger partial charge in [-0.15, -0.1) is 0 Å². The molecule has 0 N–H and O–H groups in total. The van der Waals surface area contributed by atoms with Crippen molar-refractivity contribution in [3.63, 3.8) is 0 Å². The number of rotatable bonds is 6. The molecule has 26 heavy (non-hydrogen) atoms. The SMILES string of the molecule is COC(=O)CCN1CCN(C(=O)c2cccn2Cc2ccccc2)CC1. The van der Waals surface area contributed by atoms with Crippen molar-refractivity contribution < 1.29 is 14.3 Å². The summed E-state index contributed by atoms with van der Waals surface area (Å²) >= 11 is 0. The van der Waals surface area contributed by atoms with Crippen molar-refractivity contribution in [2.75, 3.05) is 39.8 Å². The number of piperazine rings is 1. The first-order valence-electron chi connectivity index (χ1n) is 8.95. The molecule has 1 aliphatic heterocycles. The first kappa shape index (κ1) is 18.2. The molecule has 1 aromatic heterocycles. The second-order valence-electron chi connectivity index (χ2n) is 6.47. The van der Waals surface area contributed by atoms with Crippen LogP contribution in [-0.4, -0.2) is 66.1 Å². The summed E-state index contributed by atoms with van der Waals surface area (Å²) < 4.78 is 6.68. The van der Waals surface area contributed by atoms with Crippen molar-refractivity contribution in [1.82, 2.24) is 14.4 Å². The summed E-state index contributed by atoms with van der Waals surface area (Å²) in [6.07, 6.45) is 2.34. The minimum absolute atomic E-state index is 0.0681. The molecule has 1 saturated heterocycles. The van der Waals surface area contributed by atoms with Crippen molar-refractivity contribution in [3.05, 3.63) is 59.9 Å². The van der Waals surface area contributed by atoms with Gasteiger partial charge in [-0.1, -0.05) is 30.3 Å². The third-order valence-corrected chi connectivity index (χ3v) is 4.76. The van der Waals surface area contributed by atoms with Crippen LogP contribution < -0.4 is 0 Å². The van der Waals surface area contributed by atoms with Gasteiger partial charge in [0, 0.05) is 45.5 Å². The number of ether oxygens (including phenoxy) is 1. The third kappa shape index (κ3) is 4.52. The minimum atomic E-state index is -0.192. The molecule has 0 atom stereocenters. The van der Waals surface area contributed by atoms with Gasteiger partial charge in [0.2, 0.25) is 0 Å². The normalized spacial score (nSPS) is 15.0. The lowest BCUT2D eigenvalue weighted by molar-refractivity contribution is -0.141. The number of hydrogen-bond donors (Lipinski definition) is 0. The maximum Gasteiger partial charge on any atom is 0.306 e. The second kappa shape index (κ2) is 8.67. The molecule has 0 aliphatic carbocycles. The molecule has 3 rings (SSSR count). The lowest BCUT2D eigenvalue weighted by Gasteiger charge is -2.34. The Morgan fingerprint density at radius 2 is 1.73 bits per heavy atom. The van der Waals surface area contributed by atoms with Gasteiger partial charge in [-0.05, 0) is 17.7 Å². The highest BCUT2D eigenvalue weighted by molar-refractivity contribution is 5.92. The van der Waals surface area contributed by atoms with Gasteiger partial charge < -0.3 is 14.2 Å². The van der Waals surface area contributed by atoms with Crippen LogP contribution in [0.15, 0.2) is 48.7 Å². The van der Waals surface area contributed by atoms with E-state index in [9.17, 15) is 9.59 Å². The highest BCUT2D eigenvalue weighted by Gasteiger charge is 2.24. The van der Waals surface area contributed by atoms with E-state index in [1.807, 2.05) is 46.0 Å². The quantitative estimate of drug-likeness (QED) is 0.742. The summed E-state index contributed by atoms with van der Waals surface area (Å²) in [5.74, 6) is -0.124. The predicted molar refractivity (Wildman–Crippen MR) is 99.0 cm³/mol. The first-order chi connectivity index (χ1) is 12.7. The molecule has 1 aromatic carbocycles. The number of aromatic nitrogens is 1. The summed E-state index contributed by atoms with van der Waals surface area (Å²) in [4.78, 5) is 28.2. The van der Waals surface area contributed by atoms with E-state index in [1.165, 1.54) is 12.7 Å². The molecule has 2 heterocycles. The molecular weight excluding hydrogens is 330 g/mol. The van der Waals surface area contributed by atoms with Gasteiger partial charge in [-0.2, -0.15) is 0 Å². The van der Waals surface area contributed by atoms with Crippen LogP contribution in [0.1, 0.15) is 22.5 Å². The van der Waals surface area contributed by atoms with Gasteiger partial charge in [0.15, 0.2) is 0 Å². The largest absolute Gasteiger partial charge is 0.469 e. The zero-order valence-electron chi connectivity index (χ0n) is 15.1. The monoisotopic (exact) mass is 355 g/mol. The van der Waals surface area contributed by atoms with Crippen LogP contribution in [0.5, 0.6) is 0 Å². The first-order valence-corrected chi connectivity index (χ1v) is 8.95. The predicted octanol–water partition coefficient (Wildman–Crippen LogP) is 1.86. The number of hydrogen-bond acceptors (Lipinski definition) is 4. The average Bonchev–Trinajstić information content (AvgIpc) is 3.14. The van der Waals surface area contributed by atoms with Crippen molar-refractivity contribution >= 4 is 11.9 Å². The summed E-state index contributed by atoms with van der Waals surface area (Å²) in [6, 6.07) is 13.9. The Balaban J connectivity index is 1.56. The Labute approximate surface area is 154 Å². The van der Waals surface area contributed by atoms with E-state index in [-0.39, 0.29) is 11.9 Å². The maximum atomic E-state index is 12.9. The van der Waals surface area contributed by atoms with Gasteiger partial charge in [0.1, 0.15) is 5.69 Å². The number of benzene rings is 1. The van der Waals surface area contributed by atoms with E-state index < -0.39 is 0 Å². The lowest BCUT2D eigenvalue weighted by Crippen LogP contribution is -2.49. The summed E-state index contributed by atoms with van der Waals surface area (Å²) in [7, 11) is 1.41. The van der Waals surface area contributed by atoms with E-state index in [1.54, 1.807) is 0 Å². The molecule has 1 fully saturated rings. The molecule has 2 aromatic rings. The fourth-order valence-electron chi connectivity index (χ4n) is 3.21. The van der Waals surface area contributed by atoms with Crippen LogP contribution in [0.2, 0.25) is 0 Å². The van der Waals surface area contributed by atoms with Gasteiger partial charge in [-0.25, -0.2) is 0 Å². The van der Waals surface area contributed by atoms with Crippen molar-refractivity contribution in [3.8, 4) is 0 Å². The van der Waals surface area contributed by atoms with Gasteiger partial charge in [0.25, 0.3) is 5.91 Å². The summed E-state index contributed by atoms with van der Waals surface area (Å²) in [5, 5.41) is 0. The van der Waals surface area contributed by atoms with Crippen LogP contribution in [0, 0.1) is 0 Å². The van der Waals surface area contributed by atoms with Crippen LogP contribution in [0.3, 0.4) is 0 Å². The van der Waals surface area contributed by atoms with Crippen LogP contribution in [0.4, 0.5) is 0 Å². The number of carbonyl (C=O) groups is 2. The Bertz CT molecular complexity index is 734. The molecular formula is C20H25N3O3. The van der Waals surface area contributed by atoms with Crippen LogP contribution in [0.25, 0.3) is 0 Å².